The van der Waals surface area contributed by atoms with E-state index < -0.39 is 0 Å². The standard InChI is InChI=1S/C21H32N4O2/c1-5-7-11-23(3)17-8-9-19-18(13-17)20(22-25(19)6-2)21(26)24(4)14-16-10-12-27-15-16/h10,12,15,17H,5-9,11,13-14H2,1-4H3. The van der Waals surface area contributed by atoms with E-state index in [1.54, 1.807) is 17.4 Å². The number of aryl methyl sites for hydroxylation is 1. The monoisotopic (exact) mass is 372 g/mol. The van der Waals surface area contributed by atoms with Gasteiger partial charge in [0.05, 0.1) is 12.5 Å². The molecule has 0 fully saturated rings. The minimum atomic E-state index is -0.00323. The zero-order chi connectivity index (χ0) is 19.4. The highest BCUT2D eigenvalue weighted by atomic mass is 16.3. The molecule has 1 atom stereocenters. The number of nitrogens with zero attached hydrogens (tertiary/aromatic N) is 4. The highest BCUT2D eigenvalue weighted by Gasteiger charge is 2.31. The Bertz CT molecular complexity index is 751. The van der Waals surface area contributed by atoms with E-state index in [9.17, 15) is 4.79 Å². The molecule has 27 heavy (non-hydrogen) atoms. The van der Waals surface area contributed by atoms with Gasteiger partial charge >= 0.3 is 0 Å². The van der Waals surface area contributed by atoms with Crippen LogP contribution in [-0.2, 0) is 25.9 Å². The highest BCUT2D eigenvalue weighted by Crippen LogP contribution is 2.28. The van der Waals surface area contributed by atoms with Gasteiger partial charge in [0.15, 0.2) is 5.69 Å². The Kier molecular flexibility index (Phi) is 6.37. The summed E-state index contributed by atoms with van der Waals surface area (Å²) in [6, 6.07) is 2.38. The second kappa shape index (κ2) is 8.74. The summed E-state index contributed by atoms with van der Waals surface area (Å²) in [6.07, 6.45) is 8.79. The van der Waals surface area contributed by atoms with Crippen molar-refractivity contribution in [2.45, 2.75) is 65.1 Å². The molecule has 1 amide bonds. The molecule has 0 saturated carbocycles. The van der Waals surface area contributed by atoms with Crippen molar-refractivity contribution in [1.29, 1.82) is 0 Å². The van der Waals surface area contributed by atoms with Gasteiger partial charge in [0.2, 0.25) is 0 Å². The number of unbranched alkanes of at least 4 members (excludes halogenated alkanes) is 1. The van der Waals surface area contributed by atoms with Crippen molar-refractivity contribution in [3.8, 4) is 0 Å². The molecule has 2 aromatic heterocycles. The molecule has 6 nitrogen and oxygen atoms in total. The largest absolute Gasteiger partial charge is 0.472 e. The van der Waals surface area contributed by atoms with Crippen molar-refractivity contribution < 1.29 is 9.21 Å². The number of carbonyl (C=O) groups excluding carboxylic acids is 1. The fourth-order valence-corrected chi connectivity index (χ4v) is 3.98. The summed E-state index contributed by atoms with van der Waals surface area (Å²) < 4.78 is 7.15. The summed E-state index contributed by atoms with van der Waals surface area (Å²) in [7, 11) is 4.04. The maximum atomic E-state index is 13.1. The first kappa shape index (κ1) is 19.7. The van der Waals surface area contributed by atoms with Gasteiger partial charge in [-0.1, -0.05) is 13.3 Å². The Morgan fingerprint density at radius 2 is 2.19 bits per heavy atom. The Morgan fingerprint density at radius 1 is 1.37 bits per heavy atom. The number of rotatable bonds is 8. The molecule has 0 aliphatic heterocycles. The van der Waals surface area contributed by atoms with Crippen molar-refractivity contribution in [2.75, 3.05) is 20.6 Å². The van der Waals surface area contributed by atoms with E-state index >= 15 is 0 Å². The van der Waals surface area contributed by atoms with Gasteiger partial charge in [-0.25, -0.2) is 0 Å². The van der Waals surface area contributed by atoms with Crippen molar-refractivity contribution >= 4 is 5.91 Å². The zero-order valence-electron chi connectivity index (χ0n) is 17.1. The summed E-state index contributed by atoms with van der Waals surface area (Å²) in [4.78, 5) is 17.3. The molecule has 148 valence electrons. The lowest BCUT2D eigenvalue weighted by molar-refractivity contribution is 0.0776. The predicted octanol–water partition coefficient (Wildman–Crippen LogP) is 3.36. The van der Waals surface area contributed by atoms with Crippen molar-refractivity contribution in [2.24, 2.45) is 0 Å². The van der Waals surface area contributed by atoms with Crippen LogP contribution in [0.1, 0.15) is 60.4 Å². The average Bonchev–Trinajstić information content (AvgIpc) is 3.32. The molecule has 6 heteroatoms. The summed E-state index contributed by atoms with van der Waals surface area (Å²) >= 11 is 0. The molecule has 0 saturated heterocycles. The van der Waals surface area contributed by atoms with Crippen LogP contribution in [0.25, 0.3) is 0 Å². The van der Waals surface area contributed by atoms with Gasteiger partial charge in [-0.05, 0) is 52.3 Å². The van der Waals surface area contributed by atoms with Crippen LogP contribution in [0.3, 0.4) is 0 Å². The smallest absolute Gasteiger partial charge is 0.274 e. The number of carbonyl (C=O) groups is 1. The van der Waals surface area contributed by atoms with Gasteiger partial charge < -0.3 is 14.2 Å². The van der Waals surface area contributed by atoms with Crippen LogP contribution in [0.15, 0.2) is 23.0 Å². The fraction of sp³-hybridized carbons (Fsp3) is 0.619. The van der Waals surface area contributed by atoms with Crippen molar-refractivity contribution in [1.82, 2.24) is 19.6 Å². The van der Waals surface area contributed by atoms with Crippen LogP contribution in [0, 0.1) is 0 Å². The Balaban J connectivity index is 1.80. The van der Waals surface area contributed by atoms with E-state index in [2.05, 4.69) is 25.8 Å². The van der Waals surface area contributed by atoms with Crippen molar-refractivity contribution in [3.63, 3.8) is 0 Å². The van der Waals surface area contributed by atoms with E-state index in [0.717, 1.165) is 43.5 Å². The van der Waals surface area contributed by atoms with Gasteiger partial charge in [0.25, 0.3) is 5.91 Å². The Labute approximate surface area is 162 Å². The minimum Gasteiger partial charge on any atom is -0.472 e. The minimum absolute atomic E-state index is 0.00323. The average molecular weight is 373 g/mol. The number of fused-ring (bicyclic) bond motifs is 1. The second-order valence-electron chi connectivity index (χ2n) is 7.61. The SMILES string of the molecule is CCCCN(C)C1CCc2c(c(C(=O)N(C)Cc3ccoc3)nn2CC)C1. The molecule has 1 aliphatic carbocycles. The molecule has 3 rings (SSSR count). The van der Waals surface area contributed by atoms with E-state index in [0.29, 0.717) is 18.3 Å². The number of likely N-dealkylation sites (N-methyl/N-ethyl adjacent to an activating group) is 1. The van der Waals surface area contributed by atoms with Gasteiger partial charge in [-0.2, -0.15) is 5.10 Å². The molecular formula is C21H32N4O2. The summed E-state index contributed by atoms with van der Waals surface area (Å²) in [6.45, 7) is 6.77. The van der Waals surface area contributed by atoms with Crippen LogP contribution in [-0.4, -0.2) is 52.2 Å². The number of aromatic nitrogens is 2. The topological polar surface area (TPSA) is 54.5 Å². The van der Waals surface area contributed by atoms with Gasteiger partial charge in [-0.15, -0.1) is 0 Å². The number of amides is 1. The van der Waals surface area contributed by atoms with Crippen LogP contribution in [0.2, 0.25) is 0 Å². The summed E-state index contributed by atoms with van der Waals surface area (Å²) in [5, 5.41) is 4.70. The molecule has 1 aliphatic rings. The van der Waals surface area contributed by atoms with Crippen molar-refractivity contribution in [3.05, 3.63) is 41.1 Å². The van der Waals surface area contributed by atoms with E-state index in [1.807, 2.05) is 17.8 Å². The normalized spacial score (nSPS) is 16.6. The quantitative estimate of drug-likeness (QED) is 0.713. The lowest BCUT2D eigenvalue weighted by Crippen LogP contribution is -2.38. The molecule has 2 aromatic rings. The Hall–Kier alpha value is -2.08. The van der Waals surface area contributed by atoms with Gasteiger partial charge in [0.1, 0.15) is 0 Å². The molecule has 0 spiro atoms. The number of hydrogen-bond donors (Lipinski definition) is 0. The molecule has 1 unspecified atom stereocenters. The van der Waals surface area contributed by atoms with Gasteiger partial charge in [0, 0.05) is 43.0 Å². The molecule has 0 aromatic carbocycles. The zero-order valence-corrected chi connectivity index (χ0v) is 17.1. The Morgan fingerprint density at radius 3 is 2.85 bits per heavy atom. The van der Waals surface area contributed by atoms with Crippen LogP contribution in [0.4, 0.5) is 0 Å². The van der Waals surface area contributed by atoms with E-state index in [-0.39, 0.29) is 5.91 Å². The van der Waals surface area contributed by atoms with Gasteiger partial charge in [-0.3, -0.25) is 9.48 Å². The first-order valence-corrected chi connectivity index (χ1v) is 10.1. The second-order valence-corrected chi connectivity index (χ2v) is 7.61. The highest BCUT2D eigenvalue weighted by molar-refractivity contribution is 5.94. The maximum absolute atomic E-state index is 13.1. The fourth-order valence-electron chi connectivity index (χ4n) is 3.98. The molecular weight excluding hydrogens is 340 g/mol. The first-order chi connectivity index (χ1) is 13.0. The predicted molar refractivity (Wildman–Crippen MR) is 106 cm³/mol. The molecule has 0 radical (unpaired) electrons. The molecule has 0 N–H and O–H groups in total. The van der Waals surface area contributed by atoms with Crippen LogP contribution < -0.4 is 0 Å². The maximum Gasteiger partial charge on any atom is 0.274 e. The lowest BCUT2D eigenvalue weighted by atomic mass is 9.90. The van der Waals surface area contributed by atoms with E-state index in [4.69, 9.17) is 9.52 Å². The van der Waals surface area contributed by atoms with E-state index in [1.165, 1.54) is 18.5 Å². The summed E-state index contributed by atoms with van der Waals surface area (Å²) in [5.74, 6) is -0.00323. The third-order valence-corrected chi connectivity index (χ3v) is 5.66. The lowest BCUT2D eigenvalue weighted by Gasteiger charge is -2.31. The third kappa shape index (κ3) is 4.26. The van der Waals surface area contributed by atoms with Crippen LogP contribution >= 0.6 is 0 Å². The van der Waals surface area contributed by atoms with Crippen LogP contribution in [0.5, 0.6) is 0 Å². The number of hydrogen-bond acceptors (Lipinski definition) is 4. The number of furan rings is 1. The third-order valence-electron chi connectivity index (χ3n) is 5.66. The molecule has 0 bridgehead atoms. The first-order valence-electron chi connectivity index (χ1n) is 10.1. The molecule has 2 heterocycles. The summed E-state index contributed by atoms with van der Waals surface area (Å²) in [5.41, 5.74) is 4.02.